The van der Waals surface area contributed by atoms with E-state index in [1.54, 1.807) is 12.1 Å². The van der Waals surface area contributed by atoms with Gasteiger partial charge in [-0.3, -0.25) is 0 Å². The van der Waals surface area contributed by atoms with E-state index in [1.165, 1.54) is 12.1 Å². The molecule has 1 fully saturated rings. The minimum atomic E-state index is -1.80. The van der Waals surface area contributed by atoms with E-state index in [2.05, 4.69) is 10.0 Å². The molecule has 1 aromatic carbocycles. The maximum Gasteiger partial charge on any atom is 0.154 e. The molecule has 114 valence electrons. The molecule has 1 aliphatic heterocycles. The van der Waals surface area contributed by atoms with Crippen LogP contribution in [0.4, 0.5) is 5.69 Å². The predicted molar refractivity (Wildman–Crippen MR) is 71.1 cm³/mol. The summed E-state index contributed by atoms with van der Waals surface area (Å²) < 4.78 is 10.5. The topological polar surface area (TPSA) is 131 Å². The van der Waals surface area contributed by atoms with Crippen LogP contribution in [0.15, 0.2) is 29.4 Å². The lowest BCUT2D eigenvalue weighted by atomic mass is 9.99. The number of hydrogen-bond donors (Lipinski definition) is 2. The van der Waals surface area contributed by atoms with Crippen molar-refractivity contribution >= 4 is 17.3 Å². The highest BCUT2D eigenvalue weighted by Crippen LogP contribution is 2.31. The SMILES string of the molecule is [N-]=[N+]=Nc1ccccc1O[C@H]1[C@H](O)[C@@H](O)[C@H]([O-])O[C@@H]1CCl. The third-order valence-corrected chi connectivity index (χ3v) is 3.38. The van der Waals surface area contributed by atoms with Crippen molar-refractivity contribution in [1.29, 1.82) is 0 Å². The second-order valence-corrected chi connectivity index (χ2v) is 4.73. The first kappa shape index (κ1) is 15.8. The highest BCUT2D eigenvalue weighted by Gasteiger charge is 2.41. The minimum Gasteiger partial charge on any atom is -0.829 e. The van der Waals surface area contributed by atoms with Gasteiger partial charge < -0.3 is 24.8 Å². The summed E-state index contributed by atoms with van der Waals surface area (Å²) in [5, 5.41) is 34.4. The molecule has 5 atom stereocenters. The summed E-state index contributed by atoms with van der Waals surface area (Å²) in [6.45, 7) is 0. The monoisotopic (exact) mass is 314 g/mol. The van der Waals surface area contributed by atoms with E-state index in [1.807, 2.05) is 0 Å². The Morgan fingerprint density at radius 2 is 2.10 bits per heavy atom. The quantitative estimate of drug-likeness (QED) is 0.360. The molecule has 0 unspecified atom stereocenters. The normalized spacial score (nSPS) is 32.3. The molecule has 0 spiro atoms. The Kier molecular flexibility index (Phi) is 5.24. The first-order chi connectivity index (χ1) is 10.1. The Labute approximate surface area is 125 Å². The fourth-order valence-corrected chi connectivity index (χ4v) is 2.26. The van der Waals surface area contributed by atoms with Gasteiger partial charge >= 0.3 is 0 Å². The average molecular weight is 315 g/mol. The van der Waals surface area contributed by atoms with Crippen LogP contribution in [0.25, 0.3) is 10.4 Å². The van der Waals surface area contributed by atoms with Gasteiger partial charge in [-0.25, -0.2) is 0 Å². The first-order valence-corrected chi connectivity index (χ1v) is 6.66. The van der Waals surface area contributed by atoms with Crippen molar-refractivity contribution < 1.29 is 24.8 Å². The molecule has 0 aliphatic carbocycles. The van der Waals surface area contributed by atoms with E-state index in [0.717, 1.165) is 0 Å². The molecule has 0 saturated carbocycles. The molecule has 1 aromatic rings. The highest BCUT2D eigenvalue weighted by atomic mass is 35.5. The summed E-state index contributed by atoms with van der Waals surface area (Å²) in [5.74, 6) is 0.0891. The van der Waals surface area contributed by atoms with Crippen LogP contribution in [0.2, 0.25) is 0 Å². The molecular formula is C12H13ClN3O5-. The summed E-state index contributed by atoms with van der Waals surface area (Å²) in [7, 11) is 0. The van der Waals surface area contributed by atoms with Crippen molar-refractivity contribution in [3.63, 3.8) is 0 Å². The van der Waals surface area contributed by atoms with E-state index in [-0.39, 0.29) is 17.3 Å². The number of para-hydroxylation sites is 1. The minimum absolute atomic E-state index is 0.100. The van der Waals surface area contributed by atoms with Gasteiger partial charge in [0.15, 0.2) is 6.10 Å². The van der Waals surface area contributed by atoms with Crippen LogP contribution in [0.3, 0.4) is 0 Å². The number of halogens is 1. The number of aliphatic hydroxyl groups excluding tert-OH is 2. The lowest BCUT2D eigenvalue weighted by molar-refractivity contribution is -0.530. The van der Waals surface area contributed by atoms with Crippen LogP contribution in [0, 0.1) is 0 Å². The Bertz CT molecular complexity index is 537. The summed E-state index contributed by atoms with van der Waals surface area (Å²) in [4.78, 5) is 2.67. The smallest absolute Gasteiger partial charge is 0.154 e. The Morgan fingerprint density at radius 3 is 2.76 bits per heavy atom. The third kappa shape index (κ3) is 3.38. The third-order valence-electron chi connectivity index (χ3n) is 3.07. The summed E-state index contributed by atoms with van der Waals surface area (Å²) in [6, 6.07) is 6.34. The van der Waals surface area contributed by atoms with Gasteiger partial charge in [-0.05, 0) is 17.7 Å². The van der Waals surface area contributed by atoms with Crippen molar-refractivity contribution in [2.75, 3.05) is 5.88 Å². The fraction of sp³-hybridized carbons (Fsp3) is 0.500. The van der Waals surface area contributed by atoms with Crippen LogP contribution >= 0.6 is 11.6 Å². The average Bonchev–Trinajstić information content (AvgIpc) is 2.49. The molecule has 1 saturated heterocycles. The van der Waals surface area contributed by atoms with Crippen LogP contribution in [-0.4, -0.2) is 46.8 Å². The van der Waals surface area contributed by atoms with Gasteiger partial charge in [0, 0.05) is 11.2 Å². The van der Waals surface area contributed by atoms with E-state index >= 15 is 0 Å². The van der Waals surface area contributed by atoms with Crippen LogP contribution in [0.1, 0.15) is 0 Å². The number of rotatable bonds is 4. The molecule has 8 nitrogen and oxygen atoms in total. The highest BCUT2D eigenvalue weighted by molar-refractivity contribution is 6.18. The Balaban J connectivity index is 2.26. The van der Waals surface area contributed by atoms with Gasteiger partial charge in [0.05, 0.1) is 17.7 Å². The van der Waals surface area contributed by atoms with Gasteiger partial charge in [-0.2, -0.15) is 0 Å². The summed E-state index contributed by atoms with van der Waals surface area (Å²) >= 11 is 5.70. The molecule has 21 heavy (non-hydrogen) atoms. The van der Waals surface area contributed by atoms with E-state index in [4.69, 9.17) is 26.6 Å². The van der Waals surface area contributed by atoms with Crippen molar-refractivity contribution in [3.8, 4) is 5.75 Å². The number of alkyl halides is 1. The zero-order valence-electron chi connectivity index (χ0n) is 10.7. The zero-order chi connectivity index (χ0) is 15.4. The van der Waals surface area contributed by atoms with Crippen LogP contribution < -0.4 is 9.84 Å². The fourth-order valence-electron chi connectivity index (χ4n) is 2.01. The number of ether oxygens (including phenoxy) is 2. The predicted octanol–water partition coefficient (Wildman–Crippen LogP) is 0.422. The standard InChI is InChI=1S/C12H13ClN3O5/c13-5-8-11(9(17)10(18)12(19)21-8)20-7-4-2-1-3-6(7)15-16-14/h1-4,8-12,17-18H,5H2/q-1/t8-,9-,10-,11-,12-/m1/s1. The summed E-state index contributed by atoms with van der Waals surface area (Å²) in [6.07, 6.45) is -6.86. The maximum atomic E-state index is 11.4. The Morgan fingerprint density at radius 1 is 1.38 bits per heavy atom. The van der Waals surface area contributed by atoms with E-state index in [9.17, 15) is 15.3 Å². The zero-order valence-corrected chi connectivity index (χ0v) is 11.5. The lowest BCUT2D eigenvalue weighted by Crippen LogP contribution is -2.63. The molecule has 9 heteroatoms. The van der Waals surface area contributed by atoms with Crippen molar-refractivity contribution in [2.24, 2.45) is 5.11 Å². The number of hydrogen-bond acceptors (Lipinski definition) is 6. The second kappa shape index (κ2) is 6.95. The van der Waals surface area contributed by atoms with Crippen LogP contribution in [-0.2, 0) is 4.74 Å². The van der Waals surface area contributed by atoms with Crippen molar-refractivity contribution in [3.05, 3.63) is 34.7 Å². The molecule has 2 N–H and O–H groups in total. The van der Waals surface area contributed by atoms with Gasteiger partial charge in [0.25, 0.3) is 0 Å². The molecule has 1 aliphatic rings. The molecule has 0 amide bonds. The van der Waals surface area contributed by atoms with Crippen molar-refractivity contribution in [2.45, 2.75) is 30.7 Å². The molecule has 0 radical (unpaired) electrons. The van der Waals surface area contributed by atoms with Crippen LogP contribution in [0.5, 0.6) is 5.75 Å². The van der Waals surface area contributed by atoms with Gasteiger partial charge in [-0.1, -0.05) is 17.2 Å². The molecule has 0 aromatic heterocycles. The van der Waals surface area contributed by atoms with E-state index < -0.39 is 30.7 Å². The lowest BCUT2D eigenvalue weighted by Gasteiger charge is -2.45. The second-order valence-electron chi connectivity index (χ2n) is 4.42. The largest absolute Gasteiger partial charge is 0.829 e. The number of aliphatic hydroxyl groups is 2. The van der Waals surface area contributed by atoms with Gasteiger partial charge in [0.1, 0.15) is 18.0 Å². The van der Waals surface area contributed by atoms with Gasteiger partial charge in [0.2, 0.25) is 0 Å². The Hall–Kier alpha value is -1.54. The molecule has 2 rings (SSSR count). The number of benzene rings is 1. The number of nitrogens with zero attached hydrogens (tertiary/aromatic N) is 3. The van der Waals surface area contributed by atoms with Crippen molar-refractivity contribution in [1.82, 2.24) is 0 Å². The first-order valence-electron chi connectivity index (χ1n) is 6.12. The molecule has 1 heterocycles. The summed E-state index contributed by atoms with van der Waals surface area (Å²) in [5.41, 5.74) is 8.71. The molecule has 0 bridgehead atoms. The van der Waals surface area contributed by atoms with E-state index in [0.29, 0.717) is 0 Å². The molecular weight excluding hydrogens is 302 g/mol. The maximum absolute atomic E-state index is 11.4. The number of azide groups is 1. The van der Waals surface area contributed by atoms with Gasteiger partial charge in [-0.15, -0.1) is 11.6 Å².